The average molecular weight is 251 g/mol. The van der Waals surface area contributed by atoms with Crippen LogP contribution in [0.25, 0.3) is 0 Å². The van der Waals surface area contributed by atoms with Crippen LogP contribution in [0.4, 0.5) is 11.4 Å². The van der Waals surface area contributed by atoms with Crippen molar-refractivity contribution >= 4 is 23.1 Å². The molecule has 2 rings (SSSR count). The van der Waals surface area contributed by atoms with Crippen molar-refractivity contribution in [2.45, 2.75) is 37.0 Å². The highest BCUT2D eigenvalue weighted by atomic mass is 32.2. The molecule has 0 radical (unpaired) electrons. The minimum atomic E-state index is 0.607. The molecule has 1 aliphatic rings. The van der Waals surface area contributed by atoms with Crippen LogP contribution < -0.4 is 10.6 Å². The Hall–Kier alpha value is -0.900. The van der Waals surface area contributed by atoms with E-state index in [0.29, 0.717) is 6.04 Å². The summed E-state index contributed by atoms with van der Waals surface area (Å²) >= 11 is 2.00. The molecule has 0 spiro atoms. The van der Waals surface area contributed by atoms with Gasteiger partial charge in [-0.2, -0.15) is 11.8 Å². The Morgan fingerprint density at radius 3 is 2.88 bits per heavy atom. The second-order valence-electron chi connectivity index (χ2n) is 4.58. The van der Waals surface area contributed by atoms with Gasteiger partial charge in [0.15, 0.2) is 0 Å². The van der Waals surface area contributed by atoms with E-state index in [1.165, 1.54) is 25.7 Å². The molecule has 4 heteroatoms. The van der Waals surface area contributed by atoms with Gasteiger partial charge in [-0.25, -0.2) is 0 Å². The predicted molar refractivity (Wildman–Crippen MR) is 77.0 cm³/mol. The summed E-state index contributed by atoms with van der Waals surface area (Å²) in [5.41, 5.74) is 2.19. The van der Waals surface area contributed by atoms with Crippen molar-refractivity contribution in [2.75, 3.05) is 23.9 Å². The molecule has 0 aromatic carbocycles. The number of pyridine rings is 1. The molecule has 2 N–H and O–H groups in total. The number of aromatic nitrogens is 1. The van der Waals surface area contributed by atoms with Crippen molar-refractivity contribution in [3.05, 3.63) is 18.5 Å². The van der Waals surface area contributed by atoms with E-state index in [1.54, 1.807) is 0 Å². The van der Waals surface area contributed by atoms with Crippen LogP contribution in [-0.2, 0) is 0 Å². The molecule has 1 saturated carbocycles. The first-order valence-electron chi connectivity index (χ1n) is 6.24. The van der Waals surface area contributed by atoms with Crippen LogP contribution in [0.3, 0.4) is 0 Å². The molecule has 2 atom stereocenters. The zero-order chi connectivity index (χ0) is 12.1. The number of hydrogen-bond donors (Lipinski definition) is 2. The van der Waals surface area contributed by atoms with Crippen LogP contribution in [-0.4, -0.2) is 29.6 Å². The number of rotatable bonds is 4. The molecule has 1 fully saturated rings. The van der Waals surface area contributed by atoms with Crippen LogP contribution in [0.15, 0.2) is 18.5 Å². The Labute approximate surface area is 108 Å². The zero-order valence-electron chi connectivity index (χ0n) is 10.6. The summed E-state index contributed by atoms with van der Waals surface area (Å²) in [5, 5.41) is 7.54. The van der Waals surface area contributed by atoms with Crippen molar-refractivity contribution in [1.82, 2.24) is 4.98 Å². The van der Waals surface area contributed by atoms with Crippen molar-refractivity contribution in [2.24, 2.45) is 0 Å². The first-order chi connectivity index (χ1) is 8.31. The summed E-state index contributed by atoms with van der Waals surface area (Å²) < 4.78 is 0. The van der Waals surface area contributed by atoms with Gasteiger partial charge in [-0.3, -0.25) is 4.98 Å². The molecular formula is C13H21N3S. The van der Waals surface area contributed by atoms with Gasteiger partial charge in [0.1, 0.15) is 0 Å². The second kappa shape index (κ2) is 6.15. The Morgan fingerprint density at radius 2 is 2.12 bits per heavy atom. The lowest BCUT2D eigenvalue weighted by Crippen LogP contribution is -2.28. The minimum absolute atomic E-state index is 0.607. The molecule has 3 nitrogen and oxygen atoms in total. The third kappa shape index (κ3) is 3.53. The Morgan fingerprint density at radius 1 is 1.29 bits per heavy atom. The highest BCUT2D eigenvalue weighted by Crippen LogP contribution is 2.29. The van der Waals surface area contributed by atoms with Crippen molar-refractivity contribution in [3.8, 4) is 0 Å². The van der Waals surface area contributed by atoms with Crippen LogP contribution >= 0.6 is 11.8 Å². The van der Waals surface area contributed by atoms with E-state index in [4.69, 9.17) is 0 Å². The molecule has 0 bridgehead atoms. The molecular weight excluding hydrogens is 230 g/mol. The number of anilines is 2. The summed E-state index contributed by atoms with van der Waals surface area (Å²) in [5.74, 6) is 0. The first-order valence-corrected chi connectivity index (χ1v) is 7.52. The summed E-state index contributed by atoms with van der Waals surface area (Å²) in [6.07, 6.45) is 11.2. The monoisotopic (exact) mass is 251 g/mol. The summed E-state index contributed by atoms with van der Waals surface area (Å²) in [6, 6.07) is 2.73. The van der Waals surface area contributed by atoms with E-state index in [9.17, 15) is 0 Å². The van der Waals surface area contributed by atoms with Gasteiger partial charge in [0, 0.05) is 18.3 Å². The molecule has 94 valence electrons. The quantitative estimate of drug-likeness (QED) is 0.861. The molecule has 0 saturated heterocycles. The normalized spacial score (nSPS) is 24.4. The van der Waals surface area contributed by atoms with Crippen molar-refractivity contribution in [3.63, 3.8) is 0 Å². The van der Waals surface area contributed by atoms with Crippen molar-refractivity contribution < 1.29 is 0 Å². The molecule has 0 aliphatic heterocycles. The largest absolute Gasteiger partial charge is 0.387 e. The lowest BCUT2D eigenvalue weighted by Gasteiger charge is -2.29. The number of nitrogens with zero attached hydrogens (tertiary/aromatic N) is 1. The Kier molecular flexibility index (Phi) is 4.54. The van der Waals surface area contributed by atoms with E-state index in [1.807, 2.05) is 31.2 Å². The fourth-order valence-electron chi connectivity index (χ4n) is 2.38. The number of hydrogen-bond acceptors (Lipinski definition) is 4. The van der Waals surface area contributed by atoms with Crippen LogP contribution in [0.1, 0.15) is 25.7 Å². The first kappa shape index (κ1) is 12.6. The smallest absolute Gasteiger partial charge is 0.0549 e. The van der Waals surface area contributed by atoms with Gasteiger partial charge >= 0.3 is 0 Å². The van der Waals surface area contributed by atoms with Crippen molar-refractivity contribution in [1.29, 1.82) is 0 Å². The lowest BCUT2D eigenvalue weighted by molar-refractivity contribution is 0.473. The van der Waals surface area contributed by atoms with E-state index >= 15 is 0 Å². The van der Waals surface area contributed by atoms with Gasteiger partial charge in [-0.05, 0) is 31.6 Å². The highest BCUT2D eigenvalue weighted by Gasteiger charge is 2.20. The predicted octanol–water partition coefficient (Wildman–Crippen LogP) is 3.21. The maximum atomic E-state index is 4.23. The Balaban J connectivity index is 1.95. The molecule has 1 aliphatic carbocycles. The van der Waals surface area contributed by atoms with Gasteiger partial charge in [0.25, 0.3) is 0 Å². The lowest BCUT2D eigenvalue weighted by atomic mass is 9.95. The van der Waals surface area contributed by atoms with Gasteiger partial charge in [-0.1, -0.05) is 6.42 Å². The van der Waals surface area contributed by atoms with E-state index in [-0.39, 0.29) is 0 Å². The molecule has 1 aromatic heterocycles. The zero-order valence-corrected chi connectivity index (χ0v) is 11.4. The molecule has 1 aromatic rings. The number of thioether (sulfide) groups is 1. The van der Waals surface area contributed by atoms with Gasteiger partial charge < -0.3 is 10.6 Å². The standard InChI is InChI=1S/C13H21N3S/c1-14-11-6-12(9-15-8-11)16-10-4-3-5-13(7-10)17-2/h6,8-10,13-14,16H,3-5,7H2,1-2H3. The fourth-order valence-corrected chi connectivity index (χ4v) is 3.21. The van der Waals surface area contributed by atoms with Crippen LogP contribution in [0.2, 0.25) is 0 Å². The number of nitrogens with one attached hydrogen (secondary N) is 2. The van der Waals surface area contributed by atoms with E-state index < -0.39 is 0 Å². The maximum absolute atomic E-state index is 4.23. The average Bonchev–Trinajstić information content (AvgIpc) is 2.39. The summed E-state index contributed by atoms with van der Waals surface area (Å²) in [4.78, 5) is 4.23. The third-order valence-corrected chi connectivity index (χ3v) is 4.45. The molecule has 0 amide bonds. The second-order valence-corrected chi connectivity index (χ2v) is 5.72. The summed E-state index contributed by atoms with van der Waals surface area (Å²) in [6.45, 7) is 0. The van der Waals surface area contributed by atoms with Gasteiger partial charge in [-0.15, -0.1) is 0 Å². The van der Waals surface area contributed by atoms with E-state index in [0.717, 1.165) is 16.6 Å². The topological polar surface area (TPSA) is 37.0 Å². The van der Waals surface area contributed by atoms with E-state index in [2.05, 4.69) is 27.9 Å². The molecule has 2 unspecified atom stereocenters. The maximum Gasteiger partial charge on any atom is 0.0549 e. The van der Waals surface area contributed by atoms with Gasteiger partial charge in [0.2, 0.25) is 0 Å². The minimum Gasteiger partial charge on any atom is -0.387 e. The SMILES string of the molecule is CNc1cncc(NC2CCCC(SC)C2)c1. The van der Waals surface area contributed by atoms with Gasteiger partial charge in [0.05, 0.1) is 23.8 Å². The summed E-state index contributed by atoms with van der Waals surface area (Å²) in [7, 11) is 1.92. The van der Waals surface area contributed by atoms with Crippen LogP contribution in [0, 0.1) is 0 Å². The highest BCUT2D eigenvalue weighted by molar-refractivity contribution is 7.99. The van der Waals surface area contributed by atoms with Crippen LogP contribution in [0.5, 0.6) is 0 Å². The molecule has 1 heterocycles. The third-order valence-electron chi connectivity index (χ3n) is 3.36. The molecule has 17 heavy (non-hydrogen) atoms. The Bertz CT molecular complexity index is 356. The fraction of sp³-hybridized carbons (Fsp3) is 0.615.